The molecule has 0 aliphatic carbocycles. The van der Waals surface area contributed by atoms with Gasteiger partial charge in [-0.05, 0) is 65.6 Å². The molecule has 0 aliphatic heterocycles. The Morgan fingerprint density at radius 3 is 2.48 bits per heavy atom. The molecule has 0 radical (unpaired) electrons. The molecule has 0 bridgehead atoms. The second kappa shape index (κ2) is 9.94. The molecule has 6 heteroatoms. The number of amides is 1. The standard InChI is InChI=1S/C23H22N2O4/c26-20-5-1-17(2-6-20)11-14-25-23(28)8-4-18-3-7-22(21(27)15-18)29-16-19-9-12-24-13-10-19/h1-10,12-13,15,26-27H,11,14,16H2,(H,25,28)/b8-4+. The Morgan fingerprint density at radius 2 is 1.76 bits per heavy atom. The number of nitrogens with zero attached hydrogens (tertiary/aromatic N) is 1. The fourth-order valence-corrected chi connectivity index (χ4v) is 2.62. The van der Waals surface area contributed by atoms with E-state index in [9.17, 15) is 15.0 Å². The topological polar surface area (TPSA) is 91.7 Å². The first-order valence-corrected chi connectivity index (χ1v) is 9.19. The van der Waals surface area contributed by atoms with Gasteiger partial charge in [0.1, 0.15) is 12.4 Å². The fraction of sp³-hybridized carbons (Fsp3) is 0.130. The maximum Gasteiger partial charge on any atom is 0.244 e. The Balaban J connectivity index is 1.47. The molecule has 1 amide bonds. The SMILES string of the molecule is O=C(/C=C/c1ccc(OCc2ccncc2)c(O)c1)NCCc1ccc(O)cc1. The van der Waals surface area contributed by atoms with Crippen LogP contribution >= 0.6 is 0 Å². The van der Waals surface area contributed by atoms with E-state index >= 15 is 0 Å². The van der Waals surface area contributed by atoms with E-state index in [0.29, 0.717) is 30.9 Å². The van der Waals surface area contributed by atoms with Gasteiger partial charge in [0.15, 0.2) is 11.5 Å². The van der Waals surface area contributed by atoms with Gasteiger partial charge in [-0.2, -0.15) is 0 Å². The number of phenols is 2. The number of carbonyl (C=O) groups is 1. The summed E-state index contributed by atoms with van der Waals surface area (Å²) in [5.41, 5.74) is 2.67. The number of aromatic hydroxyl groups is 2. The van der Waals surface area contributed by atoms with Crippen molar-refractivity contribution in [2.45, 2.75) is 13.0 Å². The Hall–Kier alpha value is -3.80. The molecule has 148 valence electrons. The summed E-state index contributed by atoms with van der Waals surface area (Å²) in [7, 11) is 0. The van der Waals surface area contributed by atoms with Crippen LogP contribution in [0.25, 0.3) is 6.08 Å². The largest absolute Gasteiger partial charge is 0.508 e. The first-order valence-electron chi connectivity index (χ1n) is 9.19. The summed E-state index contributed by atoms with van der Waals surface area (Å²) in [6.45, 7) is 0.815. The zero-order valence-electron chi connectivity index (χ0n) is 15.8. The van der Waals surface area contributed by atoms with Gasteiger partial charge in [0.2, 0.25) is 5.91 Å². The Kier molecular flexibility index (Phi) is 6.84. The van der Waals surface area contributed by atoms with Crippen molar-refractivity contribution in [3.8, 4) is 17.2 Å². The summed E-state index contributed by atoms with van der Waals surface area (Å²) < 4.78 is 5.61. The van der Waals surface area contributed by atoms with Gasteiger partial charge in [0, 0.05) is 25.0 Å². The van der Waals surface area contributed by atoms with Crippen molar-refractivity contribution in [3.63, 3.8) is 0 Å². The second-order valence-corrected chi connectivity index (χ2v) is 6.41. The van der Waals surface area contributed by atoms with Crippen molar-refractivity contribution >= 4 is 12.0 Å². The third-order valence-corrected chi connectivity index (χ3v) is 4.20. The van der Waals surface area contributed by atoms with Crippen molar-refractivity contribution in [1.82, 2.24) is 10.3 Å². The smallest absolute Gasteiger partial charge is 0.244 e. The molecule has 29 heavy (non-hydrogen) atoms. The van der Waals surface area contributed by atoms with E-state index in [0.717, 1.165) is 11.1 Å². The quantitative estimate of drug-likeness (QED) is 0.513. The number of hydrogen-bond donors (Lipinski definition) is 3. The van der Waals surface area contributed by atoms with Crippen LogP contribution in [0, 0.1) is 0 Å². The van der Waals surface area contributed by atoms with Crippen LogP contribution in [0.2, 0.25) is 0 Å². The lowest BCUT2D eigenvalue weighted by atomic mass is 10.1. The van der Waals surface area contributed by atoms with E-state index in [2.05, 4.69) is 10.3 Å². The molecule has 0 saturated carbocycles. The zero-order chi connectivity index (χ0) is 20.5. The van der Waals surface area contributed by atoms with Crippen LogP contribution in [0.4, 0.5) is 0 Å². The molecule has 0 atom stereocenters. The summed E-state index contributed by atoms with van der Waals surface area (Å²) in [6.07, 6.45) is 7.08. The number of phenolic OH excluding ortho intramolecular Hbond substituents is 2. The maximum absolute atomic E-state index is 11.9. The average molecular weight is 390 g/mol. The third kappa shape index (κ3) is 6.39. The fourth-order valence-electron chi connectivity index (χ4n) is 2.62. The zero-order valence-corrected chi connectivity index (χ0v) is 15.8. The monoisotopic (exact) mass is 390 g/mol. The lowest BCUT2D eigenvalue weighted by Crippen LogP contribution is -2.23. The van der Waals surface area contributed by atoms with Gasteiger partial charge in [0.05, 0.1) is 0 Å². The van der Waals surface area contributed by atoms with Crippen LogP contribution in [-0.2, 0) is 17.8 Å². The number of aromatic nitrogens is 1. The number of pyridine rings is 1. The summed E-state index contributed by atoms with van der Waals surface area (Å²) in [4.78, 5) is 15.9. The van der Waals surface area contributed by atoms with Crippen molar-refractivity contribution in [2.75, 3.05) is 6.54 Å². The van der Waals surface area contributed by atoms with E-state index < -0.39 is 0 Å². The van der Waals surface area contributed by atoms with Gasteiger partial charge >= 0.3 is 0 Å². The van der Waals surface area contributed by atoms with Crippen LogP contribution < -0.4 is 10.1 Å². The lowest BCUT2D eigenvalue weighted by Gasteiger charge is -2.08. The molecule has 0 spiro atoms. The highest BCUT2D eigenvalue weighted by Crippen LogP contribution is 2.28. The van der Waals surface area contributed by atoms with Crippen LogP contribution in [-0.4, -0.2) is 27.6 Å². The summed E-state index contributed by atoms with van der Waals surface area (Å²) in [5.74, 6) is 0.380. The van der Waals surface area contributed by atoms with Crippen LogP contribution in [0.3, 0.4) is 0 Å². The van der Waals surface area contributed by atoms with Gasteiger partial charge < -0.3 is 20.3 Å². The molecule has 0 unspecified atom stereocenters. The number of benzene rings is 2. The van der Waals surface area contributed by atoms with E-state index in [1.165, 1.54) is 6.08 Å². The number of rotatable bonds is 8. The molecule has 0 saturated heterocycles. The molecule has 3 rings (SSSR count). The van der Waals surface area contributed by atoms with Crippen LogP contribution in [0.5, 0.6) is 17.2 Å². The summed E-state index contributed by atoms with van der Waals surface area (Å²) >= 11 is 0. The minimum Gasteiger partial charge on any atom is -0.508 e. The Morgan fingerprint density at radius 1 is 1.00 bits per heavy atom. The predicted molar refractivity (Wildman–Crippen MR) is 111 cm³/mol. The van der Waals surface area contributed by atoms with Gasteiger partial charge in [-0.3, -0.25) is 9.78 Å². The molecular weight excluding hydrogens is 368 g/mol. The number of hydrogen-bond acceptors (Lipinski definition) is 5. The van der Waals surface area contributed by atoms with Crippen molar-refractivity contribution in [3.05, 3.63) is 89.8 Å². The van der Waals surface area contributed by atoms with E-state index in [1.54, 1.807) is 48.8 Å². The van der Waals surface area contributed by atoms with E-state index in [-0.39, 0.29) is 17.4 Å². The minimum absolute atomic E-state index is 0.00828. The highest BCUT2D eigenvalue weighted by molar-refractivity contribution is 5.91. The molecule has 0 aliphatic rings. The first-order chi connectivity index (χ1) is 14.1. The molecule has 0 fully saturated rings. The molecule has 1 heterocycles. The molecule has 1 aromatic heterocycles. The van der Waals surface area contributed by atoms with Gasteiger partial charge in [-0.1, -0.05) is 18.2 Å². The first kappa shape index (κ1) is 19.9. The summed E-state index contributed by atoms with van der Waals surface area (Å²) in [5, 5.41) is 22.2. The van der Waals surface area contributed by atoms with E-state index in [4.69, 9.17) is 4.74 Å². The maximum atomic E-state index is 11.9. The van der Waals surface area contributed by atoms with Crippen LogP contribution in [0.15, 0.2) is 73.1 Å². The van der Waals surface area contributed by atoms with Crippen molar-refractivity contribution < 1.29 is 19.7 Å². The molecule has 2 aromatic carbocycles. The average Bonchev–Trinajstić information content (AvgIpc) is 2.74. The second-order valence-electron chi connectivity index (χ2n) is 6.41. The third-order valence-electron chi connectivity index (χ3n) is 4.20. The van der Waals surface area contributed by atoms with Crippen molar-refractivity contribution in [2.24, 2.45) is 0 Å². The van der Waals surface area contributed by atoms with Gasteiger partial charge in [-0.25, -0.2) is 0 Å². The predicted octanol–water partition coefficient (Wildman–Crippen LogP) is 3.44. The van der Waals surface area contributed by atoms with Crippen LogP contribution in [0.1, 0.15) is 16.7 Å². The van der Waals surface area contributed by atoms with E-state index in [1.807, 2.05) is 24.3 Å². The lowest BCUT2D eigenvalue weighted by molar-refractivity contribution is -0.116. The molecule has 3 aromatic rings. The van der Waals surface area contributed by atoms with Gasteiger partial charge in [0.25, 0.3) is 0 Å². The highest BCUT2D eigenvalue weighted by Gasteiger charge is 2.04. The number of nitrogens with one attached hydrogen (secondary N) is 1. The molecular formula is C23H22N2O4. The number of ether oxygens (including phenoxy) is 1. The molecule has 3 N–H and O–H groups in total. The Bertz CT molecular complexity index is 970. The van der Waals surface area contributed by atoms with Gasteiger partial charge in [-0.15, -0.1) is 0 Å². The summed E-state index contributed by atoms with van der Waals surface area (Å²) in [6, 6.07) is 15.5. The Labute approximate surface area is 169 Å². The normalized spacial score (nSPS) is 10.8. The minimum atomic E-state index is -0.221. The molecule has 6 nitrogen and oxygen atoms in total. The highest BCUT2D eigenvalue weighted by atomic mass is 16.5. The van der Waals surface area contributed by atoms with Crippen molar-refractivity contribution in [1.29, 1.82) is 0 Å². The number of carbonyl (C=O) groups excluding carboxylic acids is 1.